The molecule has 1 N–H and O–H groups in total. The third-order valence-corrected chi connectivity index (χ3v) is 9.64. The van der Waals surface area contributed by atoms with Crippen LogP contribution in [0.1, 0.15) is 27.2 Å². The van der Waals surface area contributed by atoms with Gasteiger partial charge >= 0.3 is 0 Å². The standard InChI is InChI=1S/C34H40N4O5/c1-4-33-18-10-20-36(25-12-8-7-9-13-25)30(40)27(33)28-31(41)38(22-23-39)29-32(42)37(21-11-19-34(28,29)43-33)26-16-14-24(15-17-26)35(5-2)6-3/h7-19,27-29,39H,4-6,20-23H2,1-3H3/t27-,28+,29?,33+,34+/m1/s1. The van der Waals surface area contributed by atoms with Crippen molar-refractivity contribution in [2.75, 3.05) is 54.0 Å². The number of likely N-dealkylation sites (tertiary alicyclic amines) is 1. The van der Waals surface area contributed by atoms with Crippen LogP contribution in [-0.2, 0) is 19.1 Å². The predicted molar refractivity (Wildman–Crippen MR) is 166 cm³/mol. The molecule has 1 spiro atoms. The van der Waals surface area contributed by atoms with Gasteiger partial charge in [0.1, 0.15) is 11.6 Å². The van der Waals surface area contributed by atoms with Crippen molar-refractivity contribution in [2.45, 2.75) is 44.4 Å². The van der Waals surface area contributed by atoms with Crippen LogP contribution in [0.4, 0.5) is 17.1 Å². The molecule has 0 aliphatic carbocycles. The number of rotatable bonds is 8. The fraction of sp³-hybridized carbons (Fsp3) is 0.441. The monoisotopic (exact) mass is 584 g/mol. The van der Waals surface area contributed by atoms with Gasteiger partial charge in [-0.3, -0.25) is 14.4 Å². The first kappa shape index (κ1) is 29.1. The minimum atomic E-state index is -1.36. The van der Waals surface area contributed by atoms with E-state index in [4.69, 9.17) is 4.74 Å². The summed E-state index contributed by atoms with van der Waals surface area (Å²) in [7, 11) is 0. The van der Waals surface area contributed by atoms with Crippen LogP contribution < -0.4 is 14.7 Å². The molecule has 0 radical (unpaired) electrons. The van der Waals surface area contributed by atoms with E-state index in [1.54, 1.807) is 9.80 Å². The summed E-state index contributed by atoms with van der Waals surface area (Å²) < 4.78 is 6.99. The molecular formula is C34H40N4O5. The highest BCUT2D eigenvalue weighted by atomic mass is 16.5. The molecule has 4 aliphatic heterocycles. The van der Waals surface area contributed by atoms with Gasteiger partial charge in [0.25, 0.3) is 5.91 Å². The maximum Gasteiger partial charge on any atom is 0.253 e. The van der Waals surface area contributed by atoms with E-state index in [9.17, 15) is 19.5 Å². The van der Waals surface area contributed by atoms with E-state index in [0.717, 1.165) is 24.5 Å². The molecule has 2 aromatic carbocycles. The predicted octanol–water partition coefficient (Wildman–Crippen LogP) is 3.39. The van der Waals surface area contributed by atoms with Crippen LogP contribution in [0.2, 0.25) is 0 Å². The number of hydrogen-bond acceptors (Lipinski definition) is 6. The Balaban J connectivity index is 1.43. The van der Waals surface area contributed by atoms with Gasteiger partial charge in [-0.2, -0.15) is 0 Å². The van der Waals surface area contributed by atoms with E-state index in [1.807, 2.05) is 85.8 Å². The average molecular weight is 585 g/mol. The van der Waals surface area contributed by atoms with Gasteiger partial charge in [0, 0.05) is 49.8 Å². The first-order valence-corrected chi connectivity index (χ1v) is 15.4. The molecule has 226 valence electrons. The van der Waals surface area contributed by atoms with E-state index in [0.29, 0.717) is 25.2 Å². The Labute approximate surface area is 253 Å². The van der Waals surface area contributed by atoms with Gasteiger partial charge in [-0.25, -0.2) is 0 Å². The van der Waals surface area contributed by atoms with Crippen LogP contribution in [0, 0.1) is 11.8 Å². The second-order valence-electron chi connectivity index (χ2n) is 11.6. The number of carbonyl (C=O) groups excluding carboxylic acids is 3. The van der Waals surface area contributed by atoms with Crippen LogP contribution in [0.5, 0.6) is 0 Å². The number of β-amino-alcohol motifs (C(OH)–C–C–N with tert-alkyl or cyclic N) is 1. The van der Waals surface area contributed by atoms with Crippen molar-refractivity contribution in [3.05, 3.63) is 78.9 Å². The normalized spacial score (nSPS) is 29.8. The lowest BCUT2D eigenvalue weighted by molar-refractivity contribution is -0.146. The van der Waals surface area contributed by atoms with Crippen molar-refractivity contribution in [1.82, 2.24) is 4.90 Å². The Bertz CT molecular complexity index is 1440. The molecule has 2 aromatic rings. The number of anilines is 3. The minimum absolute atomic E-state index is 0.0301. The average Bonchev–Trinajstić information content (AvgIpc) is 3.31. The lowest BCUT2D eigenvalue weighted by Gasteiger charge is -2.38. The number of nitrogens with zero attached hydrogens (tertiary/aromatic N) is 4. The molecule has 9 nitrogen and oxygen atoms in total. The van der Waals surface area contributed by atoms with Gasteiger partial charge in [-0.15, -0.1) is 0 Å². The van der Waals surface area contributed by atoms with E-state index in [1.165, 1.54) is 4.90 Å². The number of aliphatic hydroxyl groups is 1. The number of ether oxygens (including phenoxy) is 1. The van der Waals surface area contributed by atoms with Crippen molar-refractivity contribution >= 4 is 34.8 Å². The fourth-order valence-electron chi connectivity index (χ4n) is 7.61. The SMILES string of the molecule is CCN(CC)c1ccc(N2CC=C[C@]34O[C@@]5(CC)C=CCN(c6ccccc6)C(=O)[C@H]5[C@H]3C(=O)N(CCO)C4C2=O)cc1. The molecule has 6 rings (SSSR count). The maximum absolute atomic E-state index is 14.6. The van der Waals surface area contributed by atoms with Crippen molar-refractivity contribution in [1.29, 1.82) is 0 Å². The Morgan fingerprint density at radius 3 is 2.07 bits per heavy atom. The molecule has 5 atom stereocenters. The van der Waals surface area contributed by atoms with Crippen molar-refractivity contribution in [2.24, 2.45) is 11.8 Å². The fourth-order valence-corrected chi connectivity index (χ4v) is 7.61. The largest absolute Gasteiger partial charge is 0.395 e. The van der Waals surface area contributed by atoms with Crippen LogP contribution in [0.15, 0.2) is 78.9 Å². The van der Waals surface area contributed by atoms with Crippen LogP contribution >= 0.6 is 0 Å². The molecule has 9 heteroatoms. The Kier molecular flexibility index (Phi) is 7.64. The van der Waals surface area contributed by atoms with E-state index in [2.05, 4.69) is 18.7 Å². The molecule has 2 fully saturated rings. The molecule has 0 saturated carbocycles. The molecule has 3 amide bonds. The smallest absolute Gasteiger partial charge is 0.253 e. The highest BCUT2D eigenvalue weighted by molar-refractivity contribution is 6.07. The molecule has 2 saturated heterocycles. The number of carbonyl (C=O) groups is 3. The van der Waals surface area contributed by atoms with E-state index in [-0.39, 0.29) is 30.9 Å². The molecule has 0 bridgehead atoms. The van der Waals surface area contributed by atoms with Crippen LogP contribution in [0.25, 0.3) is 0 Å². The first-order chi connectivity index (χ1) is 20.9. The van der Waals surface area contributed by atoms with Gasteiger partial charge in [0.2, 0.25) is 11.8 Å². The summed E-state index contributed by atoms with van der Waals surface area (Å²) >= 11 is 0. The van der Waals surface area contributed by atoms with E-state index >= 15 is 0 Å². The van der Waals surface area contributed by atoms with Gasteiger partial charge < -0.3 is 29.4 Å². The molecule has 4 aliphatic rings. The highest BCUT2D eigenvalue weighted by Crippen LogP contribution is 2.58. The third kappa shape index (κ3) is 4.40. The molecule has 0 aromatic heterocycles. The van der Waals surface area contributed by atoms with Crippen molar-refractivity contribution in [3.8, 4) is 0 Å². The topological polar surface area (TPSA) is 93.6 Å². The molecule has 4 heterocycles. The highest BCUT2D eigenvalue weighted by Gasteiger charge is 2.75. The Hall–Kier alpha value is -3.95. The zero-order valence-electron chi connectivity index (χ0n) is 25.1. The summed E-state index contributed by atoms with van der Waals surface area (Å²) in [5.74, 6) is -2.59. The molecule has 1 unspecified atom stereocenters. The quantitative estimate of drug-likeness (QED) is 0.479. The second kappa shape index (κ2) is 11.3. The summed E-state index contributed by atoms with van der Waals surface area (Å²) in [4.78, 5) is 50.4. The van der Waals surface area contributed by atoms with Crippen LogP contribution in [0.3, 0.4) is 0 Å². The van der Waals surface area contributed by atoms with Gasteiger partial charge in [-0.05, 0) is 56.7 Å². The summed E-state index contributed by atoms with van der Waals surface area (Å²) in [5.41, 5.74) is 0.102. The third-order valence-electron chi connectivity index (χ3n) is 9.64. The molecule has 43 heavy (non-hydrogen) atoms. The first-order valence-electron chi connectivity index (χ1n) is 15.4. The lowest BCUT2D eigenvalue weighted by Crippen LogP contribution is -2.56. The van der Waals surface area contributed by atoms with Gasteiger partial charge in [0.05, 0.1) is 24.0 Å². The maximum atomic E-state index is 14.6. The number of fused-ring (bicyclic) bond motifs is 2. The van der Waals surface area contributed by atoms with Crippen molar-refractivity contribution < 1.29 is 24.2 Å². The van der Waals surface area contributed by atoms with Gasteiger partial charge in [0.15, 0.2) is 0 Å². The summed E-state index contributed by atoms with van der Waals surface area (Å²) in [5, 5.41) is 10.0. The second-order valence-corrected chi connectivity index (χ2v) is 11.6. The Morgan fingerprint density at radius 1 is 0.814 bits per heavy atom. The lowest BCUT2D eigenvalue weighted by atomic mass is 9.73. The number of para-hydroxylation sites is 1. The number of benzene rings is 2. The van der Waals surface area contributed by atoms with Crippen LogP contribution in [-0.4, -0.2) is 84.3 Å². The zero-order valence-corrected chi connectivity index (χ0v) is 25.1. The zero-order chi connectivity index (χ0) is 30.4. The Morgan fingerprint density at radius 2 is 1.44 bits per heavy atom. The number of amides is 3. The summed E-state index contributed by atoms with van der Waals surface area (Å²) in [6, 6.07) is 16.3. The summed E-state index contributed by atoms with van der Waals surface area (Å²) in [6.45, 7) is 8.22. The molecular weight excluding hydrogens is 544 g/mol. The van der Waals surface area contributed by atoms with Gasteiger partial charge in [-0.1, -0.05) is 49.4 Å². The van der Waals surface area contributed by atoms with Crippen molar-refractivity contribution in [3.63, 3.8) is 0 Å². The minimum Gasteiger partial charge on any atom is -0.395 e. The van der Waals surface area contributed by atoms with E-state index < -0.39 is 29.1 Å². The number of hydrogen-bond donors (Lipinski definition) is 1. The number of aliphatic hydroxyl groups excluding tert-OH is 1. The summed E-state index contributed by atoms with van der Waals surface area (Å²) in [6.07, 6.45) is 8.05.